The Labute approximate surface area is 133 Å². The largest absolute Gasteiger partial charge is 0.471 e. The van der Waals surface area contributed by atoms with Gasteiger partial charge in [0, 0.05) is 17.2 Å². The second kappa shape index (κ2) is 5.33. The van der Waals surface area contributed by atoms with Gasteiger partial charge < -0.3 is 10.5 Å². The third-order valence-electron chi connectivity index (χ3n) is 3.99. The van der Waals surface area contributed by atoms with Crippen molar-refractivity contribution in [3.8, 4) is 17.0 Å². The van der Waals surface area contributed by atoms with Gasteiger partial charge in [-0.05, 0) is 50.5 Å². The summed E-state index contributed by atoms with van der Waals surface area (Å²) < 4.78 is 33.4. The number of halogens is 2. The molecule has 0 atom stereocenters. The Morgan fingerprint density at radius 1 is 1.26 bits per heavy atom. The zero-order valence-corrected chi connectivity index (χ0v) is 13.1. The molecule has 2 heterocycles. The molecular weight excluding hydrogens is 298 g/mol. The van der Waals surface area contributed by atoms with E-state index in [1.807, 2.05) is 13.8 Å². The van der Waals surface area contributed by atoms with Crippen molar-refractivity contribution >= 4 is 5.70 Å². The highest BCUT2D eigenvalue weighted by atomic mass is 19.1. The van der Waals surface area contributed by atoms with Crippen molar-refractivity contribution in [2.75, 3.05) is 0 Å². The van der Waals surface area contributed by atoms with Crippen LogP contribution in [-0.2, 0) is 6.42 Å². The van der Waals surface area contributed by atoms with Crippen molar-refractivity contribution in [2.24, 2.45) is 5.73 Å². The summed E-state index contributed by atoms with van der Waals surface area (Å²) >= 11 is 0. The van der Waals surface area contributed by atoms with Crippen LogP contribution in [0.5, 0.6) is 5.88 Å². The average Bonchev–Trinajstić information content (AvgIpc) is 2.44. The van der Waals surface area contributed by atoms with Crippen molar-refractivity contribution in [1.82, 2.24) is 4.98 Å². The molecule has 0 spiro atoms. The van der Waals surface area contributed by atoms with Crippen LogP contribution in [-0.4, -0.2) is 10.6 Å². The molecule has 1 aromatic carbocycles. The quantitative estimate of drug-likeness (QED) is 0.909. The van der Waals surface area contributed by atoms with E-state index in [1.165, 1.54) is 12.1 Å². The third-order valence-corrected chi connectivity index (χ3v) is 3.99. The first kappa shape index (κ1) is 15.5. The lowest BCUT2D eigenvalue weighted by molar-refractivity contribution is 0.0785. The maximum atomic E-state index is 14.2. The number of pyridine rings is 1. The van der Waals surface area contributed by atoms with Gasteiger partial charge in [0.15, 0.2) is 0 Å². The summed E-state index contributed by atoms with van der Waals surface area (Å²) in [4.78, 5) is 4.40. The highest BCUT2D eigenvalue weighted by Gasteiger charge is 2.30. The van der Waals surface area contributed by atoms with Crippen LogP contribution < -0.4 is 10.5 Å². The Bertz CT molecular complexity index is 800. The molecule has 1 aromatic heterocycles. The van der Waals surface area contributed by atoms with Crippen molar-refractivity contribution in [2.45, 2.75) is 32.3 Å². The van der Waals surface area contributed by atoms with E-state index in [-0.39, 0.29) is 11.3 Å². The summed E-state index contributed by atoms with van der Waals surface area (Å²) in [6.07, 6.45) is 1.47. The predicted molar refractivity (Wildman–Crippen MR) is 85.8 cm³/mol. The SMILES string of the molecule is C=C(N)c1cc(-c2ccc(F)cc2F)c2c(n1)OC(C)(C)CC2. The summed E-state index contributed by atoms with van der Waals surface area (Å²) in [7, 11) is 0. The molecule has 2 aromatic rings. The number of hydrogen-bond donors (Lipinski definition) is 1. The maximum absolute atomic E-state index is 14.2. The average molecular weight is 316 g/mol. The number of nitrogens with two attached hydrogens (primary N) is 1. The molecule has 5 heteroatoms. The molecule has 0 aliphatic carbocycles. The van der Waals surface area contributed by atoms with E-state index in [0.717, 1.165) is 18.1 Å². The molecule has 23 heavy (non-hydrogen) atoms. The first-order valence-electron chi connectivity index (χ1n) is 7.40. The van der Waals surface area contributed by atoms with Crippen molar-refractivity contribution < 1.29 is 13.5 Å². The molecule has 0 fully saturated rings. The molecule has 0 saturated heterocycles. The Balaban J connectivity index is 2.23. The Morgan fingerprint density at radius 3 is 2.65 bits per heavy atom. The number of hydrogen-bond acceptors (Lipinski definition) is 3. The Kier molecular flexibility index (Phi) is 3.59. The number of nitrogens with zero attached hydrogens (tertiary/aromatic N) is 1. The molecule has 3 nitrogen and oxygen atoms in total. The van der Waals surface area contributed by atoms with Crippen molar-refractivity contribution in [3.05, 3.63) is 53.7 Å². The lowest BCUT2D eigenvalue weighted by Crippen LogP contribution is -2.33. The van der Waals surface area contributed by atoms with Gasteiger partial charge in [0.05, 0.1) is 11.4 Å². The third kappa shape index (κ3) is 2.91. The number of rotatable bonds is 2. The molecule has 1 aliphatic heterocycles. The van der Waals surface area contributed by atoms with Crippen LogP contribution in [0.3, 0.4) is 0 Å². The summed E-state index contributed by atoms with van der Waals surface area (Å²) in [6.45, 7) is 7.63. The van der Waals surface area contributed by atoms with Crippen LogP contribution in [0, 0.1) is 11.6 Å². The second-order valence-corrected chi connectivity index (χ2v) is 6.35. The van der Waals surface area contributed by atoms with Crippen LogP contribution in [0.25, 0.3) is 16.8 Å². The van der Waals surface area contributed by atoms with Gasteiger partial charge in [0.2, 0.25) is 5.88 Å². The summed E-state index contributed by atoms with van der Waals surface area (Å²) in [5.74, 6) is -0.809. The van der Waals surface area contributed by atoms with E-state index >= 15 is 0 Å². The fourth-order valence-electron chi connectivity index (χ4n) is 2.73. The first-order chi connectivity index (χ1) is 10.8. The van der Waals surface area contributed by atoms with Gasteiger partial charge in [-0.1, -0.05) is 6.58 Å². The monoisotopic (exact) mass is 316 g/mol. The zero-order valence-electron chi connectivity index (χ0n) is 13.1. The van der Waals surface area contributed by atoms with Gasteiger partial charge in [-0.2, -0.15) is 0 Å². The number of fused-ring (bicyclic) bond motifs is 1. The fraction of sp³-hybridized carbons (Fsp3) is 0.278. The highest BCUT2D eigenvalue weighted by molar-refractivity contribution is 5.74. The van der Waals surface area contributed by atoms with E-state index in [2.05, 4.69) is 11.6 Å². The lowest BCUT2D eigenvalue weighted by Gasteiger charge is -2.33. The van der Waals surface area contributed by atoms with Gasteiger partial charge in [-0.15, -0.1) is 0 Å². The Hall–Kier alpha value is -2.43. The minimum atomic E-state index is -0.628. The molecule has 0 radical (unpaired) electrons. The van der Waals surface area contributed by atoms with Gasteiger partial charge in [-0.3, -0.25) is 0 Å². The van der Waals surface area contributed by atoms with Crippen LogP contribution in [0.4, 0.5) is 8.78 Å². The van der Waals surface area contributed by atoms with Crippen LogP contribution in [0.1, 0.15) is 31.5 Å². The molecule has 1 aliphatic rings. The number of aromatic nitrogens is 1. The maximum Gasteiger partial charge on any atom is 0.218 e. The van der Waals surface area contributed by atoms with Crippen molar-refractivity contribution in [3.63, 3.8) is 0 Å². The molecule has 3 rings (SSSR count). The van der Waals surface area contributed by atoms with Gasteiger partial charge >= 0.3 is 0 Å². The molecule has 120 valence electrons. The van der Waals surface area contributed by atoms with Gasteiger partial charge in [0.1, 0.15) is 17.2 Å². The predicted octanol–water partition coefficient (Wildman–Crippen LogP) is 4.06. The number of ether oxygens (including phenoxy) is 1. The molecule has 2 N–H and O–H groups in total. The molecule has 0 amide bonds. The second-order valence-electron chi connectivity index (χ2n) is 6.35. The van der Waals surface area contributed by atoms with Gasteiger partial charge in [-0.25, -0.2) is 13.8 Å². The Morgan fingerprint density at radius 2 is 2.00 bits per heavy atom. The normalized spacial score (nSPS) is 15.7. The molecular formula is C18H18F2N2O. The first-order valence-corrected chi connectivity index (χ1v) is 7.40. The van der Waals surface area contributed by atoms with Crippen LogP contribution in [0.15, 0.2) is 30.8 Å². The summed E-state index contributed by atoms with van der Waals surface area (Å²) in [5.41, 5.74) is 7.82. The van der Waals surface area contributed by atoms with E-state index < -0.39 is 11.6 Å². The van der Waals surface area contributed by atoms with E-state index in [4.69, 9.17) is 10.5 Å². The molecule has 0 bridgehead atoms. The minimum absolute atomic E-state index is 0.267. The highest BCUT2D eigenvalue weighted by Crippen LogP contribution is 2.39. The lowest BCUT2D eigenvalue weighted by atomic mass is 9.90. The van der Waals surface area contributed by atoms with Gasteiger partial charge in [0.25, 0.3) is 0 Å². The summed E-state index contributed by atoms with van der Waals surface area (Å²) in [5, 5.41) is 0. The van der Waals surface area contributed by atoms with E-state index in [1.54, 1.807) is 6.07 Å². The molecule has 0 unspecified atom stereocenters. The van der Waals surface area contributed by atoms with Crippen LogP contribution >= 0.6 is 0 Å². The summed E-state index contributed by atoms with van der Waals surface area (Å²) in [6, 6.07) is 5.20. The standard InChI is InChI=1S/C18H18F2N2O/c1-10(21)16-9-14(12-5-4-11(19)8-15(12)20)13-6-7-18(2,3)23-17(13)22-16/h4-5,8-9H,1,6-7,21H2,2-3H3. The van der Waals surface area contributed by atoms with E-state index in [9.17, 15) is 8.78 Å². The van der Waals surface area contributed by atoms with Crippen molar-refractivity contribution in [1.29, 1.82) is 0 Å². The molecule has 0 saturated carbocycles. The minimum Gasteiger partial charge on any atom is -0.471 e. The van der Waals surface area contributed by atoms with E-state index in [0.29, 0.717) is 29.1 Å². The number of benzene rings is 1. The topological polar surface area (TPSA) is 48.1 Å². The van der Waals surface area contributed by atoms with Crippen LogP contribution in [0.2, 0.25) is 0 Å². The smallest absolute Gasteiger partial charge is 0.218 e. The fourth-order valence-corrected chi connectivity index (χ4v) is 2.73. The zero-order chi connectivity index (χ0) is 16.8.